The Bertz CT molecular complexity index is 1170. The number of hydrogen-bond donors (Lipinski definition) is 2. The van der Waals surface area contributed by atoms with Gasteiger partial charge < -0.3 is 20.5 Å². The first-order chi connectivity index (χ1) is 15.0. The van der Waals surface area contributed by atoms with Gasteiger partial charge >= 0.3 is 0 Å². The number of piperazine rings is 1. The second-order valence-electron chi connectivity index (χ2n) is 7.41. The fraction of sp³-hybridized carbons (Fsp3) is 0.318. The Hall–Kier alpha value is -3.46. The molecular weight excluding hydrogens is 430 g/mol. The molecule has 1 saturated heterocycles. The number of nitrogens with two attached hydrogens (primary N) is 1. The molecule has 0 radical (unpaired) electrons. The molecule has 1 aromatic carbocycles. The highest BCUT2D eigenvalue weighted by molar-refractivity contribution is 5.97. The van der Waals surface area contributed by atoms with E-state index in [1.54, 1.807) is 31.4 Å². The number of fused-ring (bicyclic) bond motifs is 1. The van der Waals surface area contributed by atoms with Gasteiger partial charge in [0.2, 0.25) is 5.91 Å². The maximum absolute atomic E-state index is 12.7. The topological polar surface area (TPSA) is 121 Å². The number of carbonyl (C=O) groups is 1. The Morgan fingerprint density at radius 3 is 2.59 bits per heavy atom. The van der Waals surface area contributed by atoms with Gasteiger partial charge in [-0.1, -0.05) is 12.1 Å². The molecule has 1 aliphatic rings. The van der Waals surface area contributed by atoms with E-state index in [1.807, 2.05) is 23.1 Å². The van der Waals surface area contributed by atoms with Crippen LogP contribution >= 0.6 is 12.4 Å². The molecule has 10 heteroatoms. The Morgan fingerprint density at radius 1 is 1.16 bits per heavy atom. The minimum Gasteiger partial charge on any atom is -0.383 e. The van der Waals surface area contributed by atoms with Gasteiger partial charge in [-0.25, -0.2) is 9.97 Å². The summed E-state index contributed by atoms with van der Waals surface area (Å²) in [5.74, 6) is 1.91. The van der Waals surface area contributed by atoms with E-state index in [9.17, 15) is 9.59 Å². The Balaban J connectivity index is 0.00000289. The summed E-state index contributed by atoms with van der Waals surface area (Å²) >= 11 is 0. The molecular formula is C22H26ClN7O2. The van der Waals surface area contributed by atoms with Crippen LogP contribution in [0.25, 0.3) is 10.9 Å². The summed E-state index contributed by atoms with van der Waals surface area (Å²) in [5, 5.41) is 0.556. The Kier molecular flexibility index (Phi) is 7.42. The number of pyridine rings is 1. The minimum atomic E-state index is -0.174. The van der Waals surface area contributed by atoms with Gasteiger partial charge in [-0.05, 0) is 24.3 Å². The fourth-order valence-corrected chi connectivity index (χ4v) is 3.68. The molecule has 0 spiro atoms. The van der Waals surface area contributed by atoms with E-state index in [0.717, 1.165) is 11.4 Å². The molecule has 4 rings (SSSR count). The molecule has 0 atom stereocenters. The van der Waals surface area contributed by atoms with Crippen LogP contribution in [0.3, 0.4) is 0 Å². The number of amidine groups is 1. The Morgan fingerprint density at radius 2 is 1.91 bits per heavy atom. The zero-order valence-corrected chi connectivity index (χ0v) is 18.6. The number of halogens is 1. The van der Waals surface area contributed by atoms with Crippen LogP contribution in [-0.2, 0) is 11.2 Å². The number of hydrogen-bond acceptors (Lipinski definition) is 6. The molecule has 9 nitrogen and oxygen atoms in total. The number of carbonyl (C=O) groups excluding carboxylic acids is 1. The summed E-state index contributed by atoms with van der Waals surface area (Å²) in [5.41, 5.74) is 7.07. The van der Waals surface area contributed by atoms with Crippen molar-refractivity contribution in [2.24, 2.45) is 10.7 Å². The Labute approximate surface area is 191 Å². The molecule has 0 unspecified atom stereocenters. The molecule has 32 heavy (non-hydrogen) atoms. The van der Waals surface area contributed by atoms with Crippen LogP contribution < -0.4 is 16.2 Å². The number of aromatic nitrogens is 3. The third-order valence-corrected chi connectivity index (χ3v) is 5.48. The molecule has 1 aliphatic heterocycles. The van der Waals surface area contributed by atoms with E-state index >= 15 is 0 Å². The van der Waals surface area contributed by atoms with Crippen LogP contribution in [0.1, 0.15) is 17.8 Å². The minimum absolute atomic E-state index is 0. The van der Waals surface area contributed by atoms with Gasteiger partial charge in [0, 0.05) is 57.8 Å². The quantitative estimate of drug-likeness (QED) is 0.442. The highest BCUT2D eigenvalue weighted by Crippen LogP contribution is 2.15. The maximum atomic E-state index is 12.7. The van der Waals surface area contributed by atoms with Gasteiger partial charge in [0.15, 0.2) is 0 Å². The lowest BCUT2D eigenvalue weighted by atomic mass is 10.2. The molecule has 3 N–H and O–H groups in total. The van der Waals surface area contributed by atoms with Crippen LogP contribution in [0.4, 0.5) is 5.82 Å². The molecule has 168 valence electrons. The molecule has 0 bridgehead atoms. The van der Waals surface area contributed by atoms with Gasteiger partial charge in [0.05, 0.1) is 10.9 Å². The van der Waals surface area contributed by atoms with Gasteiger partial charge in [0.25, 0.3) is 5.56 Å². The summed E-state index contributed by atoms with van der Waals surface area (Å²) in [6, 6.07) is 11.0. The lowest BCUT2D eigenvalue weighted by molar-refractivity contribution is -0.131. The SMILES string of the molecule is CN=C(N)c1ccc(N2CCN(C(=O)CCc3nc4ccccc4c(=O)[nH]3)CC2)nc1.Cl. The number of aromatic amines is 1. The number of para-hydroxylation sites is 1. The predicted octanol–water partition coefficient (Wildman–Crippen LogP) is 1.36. The standard InChI is InChI=1S/C22H25N7O2.ClH/c1-24-21(23)15-6-8-19(25-14-15)28-10-12-29(13-11-28)20(30)9-7-18-26-17-5-3-2-4-16(17)22(31)27-18;/h2-6,8,14H,7,9-13H2,1H3,(H2,23,24)(H,26,27,31);1H. The smallest absolute Gasteiger partial charge is 0.258 e. The van der Waals surface area contributed by atoms with E-state index in [-0.39, 0.29) is 23.9 Å². The number of H-pyrrole nitrogens is 1. The van der Waals surface area contributed by atoms with Crippen molar-refractivity contribution in [3.05, 3.63) is 64.3 Å². The second kappa shape index (κ2) is 10.2. The number of aliphatic imine (C=N–C) groups is 1. The van der Waals surface area contributed by atoms with Gasteiger partial charge in [0.1, 0.15) is 17.5 Å². The van der Waals surface area contributed by atoms with Gasteiger partial charge in [-0.2, -0.15) is 0 Å². The van der Waals surface area contributed by atoms with Crippen molar-refractivity contribution in [3.63, 3.8) is 0 Å². The normalized spacial score (nSPS) is 14.3. The van der Waals surface area contributed by atoms with E-state index in [1.165, 1.54) is 0 Å². The van der Waals surface area contributed by atoms with Crippen molar-refractivity contribution in [1.82, 2.24) is 19.9 Å². The third kappa shape index (κ3) is 5.05. The molecule has 0 saturated carbocycles. The lowest BCUT2D eigenvalue weighted by Gasteiger charge is -2.35. The van der Waals surface area contributed by atoms with Gasteiger partial charge in [-0.15, -0.1) is 12.4 Å². The van der Waals surface area contributed by atoms with Crippen molar-refractivity contribution in [2.75, 3.05) is 38.1 Å². The average molecular weight is 456 g/mol. The molecule has 1 amide bonds. The zero-order chi connectivity index (χ0) is 21.8. The number of nitrogens with zero attached hydrogens (tertiary/aromatic N) is 5. The number of rotatable bonds is 5. The predicted molar refractivity (Wildman–Crippen MR) is 128 cm³/mol. The van der Waals surface area contributed by atoms with Crippen LogP contribution in [0.15, 0.2) is 52.4 Å². The molecule has 3 aromatic rings. The van der Waals surface area contributed by atoms with Crippen molar-refractivity contribution < 1.29 is 4.79 Å². The fourth-order valence-electron chi connectivity index (χ4n) is 3.68. The summed E-state index contributed by atoms with van der Waals surface area (Å²) in [4.78, 5) is 44.5. The number of anilines is 1. The highest BCUT2D eigenvalue weighted by atomic mass is 35.5. The summed E-state index contributed by atoms with van der Waals surface area (Å²) in [6.07, 6.45) is 2.43. The monoisotopic (exact) mass is 455 g/mol. The molecule has 0 aliphatic carbocycles. The summed E-state index contributed by atoms with van der Waals surface area (Å²) in [6.45, 7) is 2.67. The van der Waals surface area contributed by atoms with E-state index < -0.39 is 0 Å². The molecule has 3 heterocycles. The lowest BCUT2D eigenvalue weighted by Crippen LogP contribution is -2.49. The summed E-state index contributed by atoms with van der Waals surface area (Å²) < 4.78 is 0. The first-order valence-corrected chi connectivity index (χ1v) is 10.2. The first-order valence-electron chi connectivity index (χ1n) is 10.2. The third-order valence-electron chi connectivity index (χ3n) is 5.48. The van der Waals surface area contributed by atoms with Crippen LogP contribution in [0.5, 0.6) is 0 Å². The average Bonchev–Trinajstić information content (AvgIpc) is 2.82. The number of aryl methyl sites for hydroxylation is 1. The van der Waals surface area contributed by atoms with Crippen molar-refractivity contribution in [3.8, 4) is 0 Å². The first kappa shape index (κ1) is 23.2. The molecule has 1 fully saturated rings. The van der Waals surface area contributed by atoms with Crippen molar-refractivity contribution in [1.29, 1.82) is 0 Å². The van der Waals surface area contributed by atoms with Crippen LogP contribution in [-0.4, -0.2) is 64.8 Å². The molecule has 2 aromatic heterocycles. The van der Waals surface area contributed by atoms with Crippen LogP contribution in [0.2, 0.25) is 0 Å². The van der Waals surface area contributed by atoms with Gasteiger partial charge in [-0.3, -0.25) is 14.6 Å². The van der Waals surface area contributed by atoms with E-state index in [0.29, 0.717) is 61.6 Å². The summed E-state index contributed by atoms with van der Waals surface area (Å²) in [7, 11) is 1.65. The zero-order valence-electron chi connectivity index (χ0n) is 17.8. The largest absolute Gasteiger partial charge is 0.383 e. The van der Waals surface area contributed by atoms with Crippen LogP contribution in [0, 0.1) is 0 Å². The highest BCUT2D eigenvalue weighted by Gasteiger charge is 2.22. The van der Waals surface area contributed by atoms with E-state index in [2.05, 4.69) is 24.8 Å². The number of benzene rings is 1. The second-order valence-corrected chi connectivity index (χ2v) is 7.41. The number of nitrogens with one attached hydrogen (secondary N) is 1. The van der Waals surface area contributed by atoms with E-state index in [4.69, 9.17) is 5.73 Å². The van der Waals surface area contributed by atoms with Crippen molar-refractivity contribution in [2.45, 2.75) is 12.8 Å². The van der Waals surface area contributed by atoms with Crippen molar-refractivity contribution >= 4 is 40.9 Å². The number of amides is 1. The maximum Gasteiger partial charge on any atom is 0.258 e.